The maximum atomic E-state index is 5.96. The lowest BCUT2D eigenvalue weighted by Gasteiger charge is -2.25. The van der Waals surface area contributed by atoms with Crippen molar-refractivity contribution >= 4 is 0 Å². The zero-order valence-corrected chi connectivity index (χ0v) is 11.9. The molecule has 1 aliphatic heterocycles. The van der Waals surface area contributed by atoms with Crippen LogP contribution < -0.4 is 5.32 Å². The number of ether oxygens (including phenoxy) is 2. The van der Waals surface area contributed by atoms with Crippen molar-refractivity contribution in [1.82, 2.24) is 5.32 Å². The second-order valence-electron chi connectivity index (χ2n) is 5.59. The fraction of sp³-hybridized carbons (Fsp3) is 1.00. The molecule has 0 aliphatic carbocycles. The number of nitrogens with one attached hydrogen (secondary N) is 1. The summed E-state index contributed by atoms with van der Waals surface area (Å²) >= 11 is 0. The molecule has 0 spiro atoms. The van der Waals surface area contributed by atoms with Gasteiger partial charge in [0.2, 0.25) is 0 Å². The van der Waals surface area contributed by atoms with E-state index in [9.17, 15) is 0 Å². The van der Waals surface area contributed by atoms with Crippen molar-refractivity contribution in [3.8, 4) is 0 Å². The third-order valence-corrected chi connectivity index (χ3v) is 3.51. The molecule has 102 valence electrons. The van der Waals surface area contributed by atoms with E-state index in [1.165, 1.54) is 6.42 Å². The minimum atomic E-state index is -0.0120. The Morgan fingerprint density at radius 2 is 1.94 bits per heavy atom. The Balaban J connectivity index is 2.13. The van der Waals surface area contributed by atoms with Crippen molar-refractivity contribution in [2.75, 3.05) is 19.7 Å². The predicted octanol–water partition coefficient (Wildman–Crippen LogP) is 2.74. The molecule has 1 heterocycles. The summed E-state index contributed by atoms with van der Waals surface area (Å²) in [6.45, 7) is 11.4. The SMILES string of the molecule is CCCNCC1CCC(COC(C)(C)CC)O1. The minimum absolute atomic E-state index is 0.0120. The van der Waals surface area contributed by atoms with Crippen molar-refractivity contribution in [3.63, 3.8) is 0 Å². The van der Waals surface area contributed by atoms with Crippen LogP contribution in [0, 0.1) is 0 Å². The van der Waals surface area contributed by atoms with Crippen LogP contribution in [0.15, 0.2) is 0 Å². The van der Waals surface area contributed by atoms with E-state index in [1.807, 2.05) is 0 Å². The Kier molecular flexibility index (Phi) is 6.45. The molecular formula is C14H29NO2. The highest BCUT2D eigenvalue weighted by atomic mass is 16.6. The molecule has 0 aromatic rings. The Morgan fingerprint density at radius 1 is 1.24 bits per heavy atom. The van der Waals surface area contributed by atoms with Crippen LogP contribution in [0.2, 0.25) is 0 Å². The molecule has 0 amide bonds. The molecule has 1 N–H and O–H groups in total. The van der Waals surface area contributed by atoms with Crippen LogP contribution in [-0.4, -0.2) is 37.5 Å². The Morgan fingerprint density at radius 3 is 2.59 bits per heavy atom. The van der Waals surface area contributed by atoms with E-state index in [0.29, 0.717) is 12.2 Å². The first-order valence-corrected chi connectivity index (χ1v) is 7.07. The lowest BCUT2D eigenvalue weighted by Crippen LogP contribution is -2.31. The summed E-state index contributed by atoms with van der Waals surface area (Å²) in [6.07, 6.45) is 5.22. The maximum Gasteiger partial charge on any atom is 0.0814 e. The molecule has 1 aliphatic rings. The molecule has 17 heavy (non-hydrogen) atoms. The molecule has 0 aromatic carbocycles. The van der Waals surface area contributed by atoms with Gasteiger partial charge in [-0.15, -0.1) is 0 Å². The van der Waals surface area contributed by atoms with E-state index in [-0.39, 0.29) is 5.60 Å². The lowest BCUT2D eigenvalue weighted by molar-refractivity contribution is -0.0780. The third-order valence-electron chi connectivity index (χ3n) is 3.51. The summed E-state index contributed by atoms with van der Waals surface area (Å²) < 4.78 is 11.9. The van der Waals surface area contributed by atoms with Crippen LogP contribution in [0.3, 0.4) is 0 Å². The molecule has 3 heteroatoms. The second kappa shape index (κ2) is 7.34. The molecular weight excluding hydrogens is 214 g/mol. The van der Waals surface area contributed by atoms with Gasteiger partial charge in [-0.05, 0) is 46.1 Å². The minimum Gasteiger partial charge on any atom is -0.373 e. The third kappa shape index (κ3) is 5.84. The molecule has 0 saturated carbocycles. The summed E-state index contributed by atoms with van der Waals surface area (Å²) in [7, 11) is 0. The average molecular weight is 243 g/mol. The van der Waals surface area contributed by atoms with E-state index in [0.717, 1.165) is 39.0 Å². The van der Waals surface area contributed by atoms with Crippen LogP contribution in [0.25, 0.3) is 0 Å². The van der Waals surface area contributed by atoms with Gasteiger partial charge >= 0.3 is 0 Å². The van der Waals surface area contributed by atoms with Gasteiger partial charge in [0.05, 0.1) is 24.4 Å². The van der Waals surface area contributed by atoms with Crippen molar-refractivity contribution in [2.24, 2.45) is 0 Å². The molecule has 1 rings (SSSR count). The largest absolute Gasteiger partial charge is 0.373 e. The highest BCUT2D eigenvalue weighted by molar-refractivity contribution is 4.76. The fourth-order valence-corrected chi connectivity index (χ4v) is 1.91. The smallest absolute Gasteiger partial charge is 0.0814 e. The number of hydrogen-bond acceptors (Lipinski definition) is 3. The molecule has 1 fully saturated rings. The standard InChI is InChI=1S/C14H29NO2/c1-5-9-15-10-12-7-8-13(17-12)11-16-14(3,4)6-2/h12-13,15H,5-11H2,1-4H3. The van der Waals surface area contributed by atoms with Crippen molar-refractivity contribution in [3.05, 3.63) is 0 Å². The first kappa shape index (κ1) is 14.9. The van der Waals surface area contributed by atoms with Crippen molar-refractivity contribution in [2.45, 2.75) is 71.2 Å². The predicted molar refractivity (Wildman–Crippen MR) is 71.4 cm³/mol. The second-order valence-corrected chi connectivity index (χ2v) is 5.59. The van der Waals surface area contributed by atoms with Crippen LogP contribution in [0.1, 0.15) is 53.4 Å². The Labute approximate surface area is 106 Å². The van der Waals surface area contributed by atoms with Gasteiger partial charge < -0.3 is 14.8 Å². The van der Waals surface area contributed by atoms with Crippen LogP contribution >= 0.6 is 0 Å². The van der Waals surface area contributed by atoms with E-state index in [4.69, 9.17) is 9.47 Å². The van der Waals surface area contributed by atoms with Crippen molar-refractivity contribution in [1.29, 1.82) is 0 Å². The van der Waals surface area contributed by atoms with Crippen LogP contribution in [-0.2, 0) is 9.47 Å². The van der Waals surface area contributed by atoms with E-state index < -0.39 is 0 Å². The molecule has 3 nitrogen and oxygen atoms in total. The first-order valence-electron chi connectivity index (χ1n) is 7.07. The van der Waals surface area contributed by atoms with E-state index >= 15 is 0 Å². The quantitative estimate of drug-likeness (QED) is 0.665. The van der Waals surface area contributed by atoms with Gasteiger partial charge in [-0.25, -0.2) is 0 Å². The van der Waals surface area contributed by atoms with Gasteiger partial charge in [-0.3, -0.25) is 0 Å². The molecule has 1 saturated heterocycles. The van der Waals surface area contributed by atoms with Gasteiger partial charge in [0.15, 0.2) is 0 Å². The van der Waals surface area contributed by atoms with Gasteiger partial charge in [-0.1, -0.05) is 13.8 Å². The molecule has 2 atom stereocenters. The topological polar surface area (TPSA) is 30.5 Å². The van der Waals surface area contributed by atoms with Crippen LogP contribution in [0.4, 0.5) is 0 Å². The highest BCUT2D eigenvalue weighted by Crippen LogP contribution is 2.22. The highest BCUT2D eigenvalue weighted by Gasteiger charge is 2.27. The zero-order chi connectivity index (χ0) is 12.7. The molecule has 0 bridgehead atoms. The van der Waals surface area contributed by atoms with Gasteiger partial charge in [0.25, 0.3) is 0 Å². The normalized spacial score (nSPS) is 25.4. The van der Waals surface area contributed by atoms with Crippen LogP contribution in [0.5, 0.6) is 0 Å². The number of rotatable bonds is 8. The van der Waals surface area contributed by atoms with E-state index in [2.05, 4.69) is 33.0 Å². The van der Waals surface area contributed by atoms with E-state index in [1.54, 1.807) is 0 Å². The average Bonchev–Trinajstić information content (AvgIpc) is 2.75. The summed E-state index contributed by atoms with van der Waals surface area (Å²) in [6, 6.07) is 0. The zero-order valence-electron chi connectivity index (χ0n) is 11.9. The lowest BCUT2D eigenvalue weighted by atomic mass is 10.1. The first-order chi connectivity index (χ1) is 8.07. The monoisotopic (exact) mass is 243 g/mol. The molecule has 0 aromatic heterocycles. The summed E-state index contributed by atoms with van der Waals surface area (Å²) in [5.74, 6) is 0. The maximum absolute atomic E-state index is 5.96. The summed E-state index contributed by atoms with van der Waals surface area (Å²) in [5.41, 5.74) is -0.0120. The van der Waals surface area contributed by atoms with Gasteiger partial charge in [-0.2, -0.15) is 0 Å². The Bertz CT molecular complexity index is 206. The molecule has 2 unspecified atom stereocenters. The molecule has 0 radical (unpaired) electrons. The fourth-order valence-electron chi connectivity index (χ4n) is 1.91. The Hall–Kier alpha value is -0.120. The summed E-state index contributed by atoms with van der Waals surface area (Å²) in [4.78, 5) is 0. The van der Waals surface area contributed by atoms with Gasteiger partial charge in [0, 0.05) is 6.54 Å². The van der Waals surface area contributed by atoms with Gasteiger partial charge in [0.1, 0.15) is 0 Å². The summed E-state index contributed by atoms with van der Waals surface area (Å²) in [5, 5.41) is 3.42. The van der Waals surface area contributed by atoms with Crippen molar-refractivity contribution < 1.29 is 9.47 Å². The number of hydrogen-bond donors (Lipinski definition) is 1.